The number of benzene rings is 1. The predicted octanol–water partition coefficient (Wildman–Crippen LogP) is 3.15. The Morgan fingerprint density at radius 3 is 2.57 bits per heavy atom. The molecule has 2 rings (SSSR count). The highest BCUT2D eigenvalue weighted by atomic mass is 35.5. The molecule has 0 aliphatic carbocycles. The molecule has 9 heteroatoms. The van der Waals surface area contributed by atoms with Crippen LogP contribution in [-0.2, 0) is 16.4 Å². The van der Waals surface area contributed by atoms with E-state index in [1.165, 1.54) is 6.26 Å². The number of hydrogen-bond acceptors (Lipinski definition) is 3. The van der Waals surface area contributed by atoms with Gasteiger partial charge in [0, 0.05) is 42.8 Å². The minimum Gasteiger partial charge on any atom is -0.357 e. The van der Waals surface area contributed by atoms with E-state index in [9.17, 15) is 8.42 Å². The van der Waals surface area contributed by atoms with Crippen molar-refractivity contribution < 1.29 is 8.42 Å². The molecule has 6 nitrogen and oxygen atoms in total. The normalized spacial score (nSPS) is 16.9. The molecule has 1 heterocycles. The van der Waals surface area contributed by atoms with Crippen LogP contribution in [0.4, 0.5) is 0 Å². The van der Waals surface area contributed by atoms with E-state index in [1.54, 1.807) is 10.4 Å². The summed E-state index contributed by atoms with van der Waals surface area (Å²) in [5.41, 5.74) is 1.09. The van der Waals surface area contributed by atoms with E-state index in [4.69, 9.17) is 23.2 Å². The number of guanidine groups is 1. The van der Waals surface area contributed by atoms with Crippen LogP contribution in [0.2, 0.25) is 10.0 Å². The quantitative estimate of drug-likeness (QED) is 0.363. The van der Waals surface area contributed by atoms with Crippen LogP contribution in [0, 0.1) is 5.92 Å². The Morgan fingerprint density at radius 2 is 1.96 bits per heavy atom. The Bertz CT molecular complexity index is 763. The van der Waals surface area contributed by atoms with Gasteiger partial charge in [-0.05, 0) is 56.2 Å². The molecule has 28 heavy (non-hydrogen) atoms. The van der Waals surface area contributed by atoms with Crippen LogP contribution >= 0.6 is 23.2 Å². The summed E-state index contributed by atoms with van der Waals surface area (Å²) in [6, 6.07) is 5.59. The molecular formula is C19H30Cl2N4O2S. The van der Waals surface area contributed by atoms with Crippen molar-refractivity contribution in [1.29, 1.82) is 0 Å². The van der Waals surface area contributed by atoms with Crippen molar-refractivity contribution in [3.63, 3.8) is 0 Å². The molecule has 0 aromatic heterocycles. The van der Waals surface area contributed by atoms with Crippen molar-refractivity contribution in [1.82, 2.24) is 14.9 Å². The molecular weight excluding hydrogens is 419 g/mol. The number of nitrogens with one attached hydrogen (secondary N) is 2. The third-order valence-electron chi connectivity index (χ3n) is 4.82. The van der Waals surface area contributed by atoms with Crippen LogP contribution < -0.4 is 10.6 Å². The summed E-state index contributed by atoms with van der Waals surface area (Å²) in [6.07, 6.45) is 4.77. The first kappa shape index (κ1) is 23.3. The lowest BCUT2D eigenvalue weighted by atomic mass is 9.98. The van der Waals surface area contributed by atoms with Crippen molar-refractivity contribution in [2.24, 2.45) is 10.9 Å². The van der Waals surface area contributed by atoms with Gasteiger partial charge in [-0.3, -0.25) is 4.99 Å². The molecule has 1 saturated heterocycles. The number of aryl methyl sites for hydroxylation is 1. The first-order valence-electron chi connectivity index (χ1n) is 9.70. The lowest BCUT2D eigenvalue weighted by Crippen LogP contribution is -2.40. The monoisotopic (exact) mass is 448 g/mol. The molecule has 1 aromatic rings. The van der Waals surface area contributed by atoms with E-state index in [0.29, 0.717) is 35.6 Å². The topological polar surface area (TPSA) is 73.8 Å². The Morgan fingerprint density at radius 1 is 1.25 bits per heavy atom. The second-order valence-corrected chi connectivity index (χ2v) is 9.92. The van der Waals surface area contributed by atoms with E-state index in [1.807, 2.05) is 19.1 Å². The first-order valence-corrected chi connectivity index (χ1v) is 12.3. The van der Waals surface area contributed by atoms with Gasteiger partial charge >= 0.3 is 0 Å². The minimum absolute atomic E-state index is 0.418. The Balaban J connectivity index is 1.76. The summed E-state index contributed by atoms with van der Waals surface area (Å²) < 4.78 is 24.7. The third kappa shape index (κ3) is 7.78. The zero-order valence-electron chi connectivity index (χ0n) is 16.5. The van der Waals surface area contributed by atoms with E-state index >= 15 is 0 Å². The van der Waals surface area contributed by atoms with Gasteiger partial charge in [-0.25, -0.2) is 12.7 Å². The second kappa shape index (κ2) is 11.2. The fraction of sp³-hybridized carbons (Fsp3) is 0.632. The number of hydrogen-bond donors (Lipinski definition) is 2. The highest BCUT2D eigenvalue weighted by Crippen LogP contribution is 2.22. The largest absolute Gasteiger partial charge is 0.357 e. The smallest absolute Gasteiger partial charge is 0.211 e. The van der Waals surface area contributed by atoms with Crippen molar-refractivity contribution in [2.45, 2.75) is 32.6 Å². The Hall–Kier alpha value is -1.02. The molecule has 0 spiro atoms. The van der Waals surface area contributed by atoms with Gasteiger partial charge in [0.25, 0.3) is 0 Å². The molecule has 0 unspecified atom stereocenters. The fourth-order valence-electron chi connectivity index (χ4n) is 3.20. The van der Waals surface area contributed by atoms with Gasteiger partial charge in [0.1, 0.15) is 0 Å². The number of halogens is 2. The van der Waals surface area contributed by atoms with Crippen molar-refractivity contribution in [3.05, 3.63) is 33.8 Å². The van der Waals surface area contributed by atoms with Crippen LogP contribution in [0.1, 0.15) is 31.7 Å². The zero-order chi connectivity index (χ0) is 20.6. The predicted molar refractivity (Wildman–Crippen MR) is 118 cm³/mol. The summed E-state index contributed by atoms with van der Waals surface area (Å²) in [5.74, 6) is 1.22. The molecule has 1 aliphatic heterocycles. The Kier molecular flexibility index (Phi) is 9.34. The SMILES string of the molecule is CCNC(=NCC1CCN(S(C)(=O)=O)CC1)NCCCc1ccc(Cl)cc1Cl. The highest BCUT2D eigenvalue weighted by Gasteiger charge is 2.24. The molecule has 1 aliphatic rings. The summed E-state index contributed by atoms with van der Waals surface area (Å²) in [7, 11) is -3.08. The maximum atomic E-state index is 11.6. The van der Waals surface area contributed by atoms with Crippen LogP contribution in [0.3, 0.4) is 0 Å². The summed E-state index contributed by atoms with van der Waals surface area (Å²) in [6.45, 7) is 5.50. The van der Waals surface area contributed by atoms with E-state index in [-0.39, 0.29) is 0 Å². The average Bonchev–Trinajstić information content (AvgIpc) is 2.64. The molecule has 158 valence electrons. The maximum absolute atomic E-state index is 11.6. The average molecular weight is 449 g/mol. The standard InChI is InChI=1S/C19H30Cl2N4O2S/c1-3-22-19(23-10-4-5-16-6-7-17(20)13-18(16)21)24-14-15-8-11-25(12-9-15)28(2,26)27/h6-7,13,15H,3-5,8-12,14H2,1-2H3,(H2,22,23,24). The van der Waals surface area contributed by atoms with Gasteiger partial charge in [-0.15, -0.1) is 0 Å². The lowest BCUT2D eigenvalue weighted by Gasteiger charge is -2.29. The van der Waals surface area contributed by atoms with E-state index in [2.05, 4.69) is 15.6 Å². The zero-order valence-corrected chi connectivity index (χ0v) is 18.9. The molecule has 1 aromatic carbocycles. The van der Waals surface area contributed by atoms with Gasteiger partial charge < -0.3 is 10.6 Å². The summed E-state index contributed by atoms with van der Waals surface area (Å²) >= 11 is 12.1. The number of piperidine rings is 1. The lowest BCUT2D eigenvalue weighted by molar-refractivity contribution is 0.280. The van der Waals surface area contributed by atoms with Crippen molar-refractivity contribution in [3.8, 4) is 0 Å². The third-order valence-corrected chi connectivity index (χ3v) is 6.71. The second-order valence-electron chi connectivity index (χ2n) is 7.09. The summed E-state index contributed by atoms with van der Waals surface area (Å²) in [4.78, 5) is 4.68. The molecule has 0 amide bonds. The highest BCUT2D eigenvalue weighted by molar-refractivity contribution is 7.88. The number of nitrogens with zero attached hydrogens (tertiary/aromatic N) is 2. The van der Waals surface area contributed by atoms with Gasteiger partial charge in [0.05, 0.1) is 6.26 Å². The van der Waals surface area contributed by atoms with E-state index < -0.39 is 10.0 Å². The molecule has 1 fully saturated rings. The van der Waals surface area contributed by atoms with E-state index in [0.717, 1.165) is 50.3 Å². The van der Waals surface area contributed by atoms with Crippen molar-refractivity contribution >= 4 is 39.2 Å². The first-order chi connectivity index (χ1) is 13.3. The maximum Gasteiger partial charge on any atom is 0.211 e. The molecule has 0 bridgehead atoms. The fourth-order valence-corrected chi connectivity index (χ4v) is 4.57. The van der Waals surface area contributed by atoms with Crippen LogP contribution in [0.5, 0.6) is 0 Å². The van der Waals surface area contributed by atoms with Crippen LogP contribution in [0.25, 0.3) is 0 Å². The Labute approximate surface area is 178 Å². The molecule has 0 saturated carbocycles. The molecule has 2 N–H and O–H groups in total. The molecule has 0 atom stereocenters. The van der Waals surface area contributed by atoms with Gasteiger partial charge in [-0.1, -0.05) is 29.3 Å². The molecule has 0 radical (unpaired) electrons. The number of rotatable bonds is 8. The van der Waals surface area contributed by atoms with Crippen LogP contribution in [-0.4, -0.2) is 57.7 Å². The van der Waals surface area contributed by atoms with Gasteiger partial charge in [0.15, 0.2) is 5.96 Å². The number of sulfonamides is 1. The minimum atomic E-state index is -3.08. The summed E-state index contributed by atoms with van der Waals surface area (Å²) in [5, 5.41) is 7.97. The number of aliphatic imine (C=N–C) groups is 1. The van der Waals surface area contributed by atoms with Crippen molar-refractivity contribution in [2.75, 3.05) is 39.0 Å². The van der Waals surface area contributed by atoms with Gasteiger partial charge in [-0.2, -0.15) is 0 Å². The van der Waals surface area contributed by atoms with Gasteiger partial charge in [0.2, 0.25) is 10.0 Å². The van der Waals surface area contributed by atoms with Crippen LogP contribution in [0.15, 0.2) is 23.2 Å².